The predicted molar refractivity (Wildman–Crippen MR) is 78.2 cm³/mol. The van der Waals surface area contributed by atoms with Gasteiger partial charge in [0.15, 0.2) is 0 Å². The van der Waals surface area contributed by atoms with Crippen LogP contribution in [0.5, 0.6) is 0 Å². The van der Waals surface area contributed by atoms with Gasteiger partial charge in [0.1, 0.15) is 0 Å². The number of hydrogen-bond acceptors (Lipinski definition) is 2. The maximum atomic E-state index is 11.6. The van der Waals surface area contributed by atoms with Crippen LogP contribution in [0.4, 0.5) is 5.69 Å². The molecular formula is C12H16Br2N2O. The lowest BCUT2D eigenvalue weighted by Gasteiger charge is -2.13. The molecule has 1 rings (SSSR count). The molecule has 0 radical (unpaired) electrons. The van der Waals surface area contributed by atoms with Crippen LogP contribution in [0.25, 0.3) is 0 Å². The Hall–Kier alpha value is -0.550. The molecule has 0 saturated carbocycles. The highest BCUT2D eigenvalue weighted by Crippen LogP contribution is 2.30. The number of amides is 1. The molecule has 17 heavy (non-hydrogen) atoms. The van der Waals surface area contributed by atoms with Gasteiger partial charge in [0, 0.05) is 15.0 Å². The molecule has 0 spiro atoms. The first-order valence-corrected chi connectivity index (χ1v) is 7.10. The topological polar surface area (TPSA) is 41.1 Å². The van der Waals surface area contributed by atoms with Gasteiger partial charge in [-0.3, -0.25) is 4.79 Å². The Balaban J connectivity index is 2.53. The van der Waals surface area contributed by atoms with Crippen LogP contribution in [0.15, 0.2) is 27.1 Å². The average Bonchev–Trinajstić information content (AvgIpc) is 2.28. The van der Waals surface area contributed by atoms with Gasteiger partial charge in [0.2, 0.25) is 5.91 Å². The quantitative estimate of drug-likeness (QED) is 0.840. The highest BCUT2D eigenvalue weighted by atomic mass is 79.9. The van der Waals surface area contributed by atoms with Crippen molar-refractivity contribution in [3.05, 3.63) is 27.1 Å². The zero-order valence-corrected chi connectivity index (χ0v) is 13.1. The Morgan fingerprint density at radius 3 is 2.47 bits per heavy atom. The van der Waals surface area contributed by atoms with E-state index in [1.54, 1.807) is 0 Å². The van der Waals surface area contributed by atoms with Crippen LogP contribution in [-0.4, -0.2) is 18.5 Å². The van der Waals surface area contributed by atoms with E-state index < -0.39 is 0 Å². The van der Waals surface area contributed by atoms with E-state index in [4.69, 9.17) is 0 Å². The highest BCUT2D eigenvalue weighted by Gasteiger charge is 2.08. The summed E-state index contributed by atoms with van der Waals surface area (Å²) in [5, 5.41) is 6.01. The summed E-state index contributed by atoms with van der Waals surface area (Å²) in [7, 11) is 0. The summed E-state index contributed by atoms with van der Waals surface area (Å²) in [6.45, 7) is 4.31. The number of anilines is 1. The van der Waals surface area contributed by atoms with Crippen molar-refractivity contribution in [1.29, 1.82) is 0 Å². The summed E-state index contributed by atoms with van der Waals surface area (Å²) in [5.41, 5.74) is 0.895. The fraction of sp³-hybridized carbons (Fsp3) is 0.417. The van der Waals surface area contributed by atoms with Crippen LogP contribution in [0.2, 0.25) is 0 Å². The summed E-state index contributed by atoms with van der Waals surface area (Å²) in [5.74, 6) is 0.00185. The minimum Gasteiger partial charge on any atom is -0.374 e. The third-order valence-corrected chi connectivity index (χ3v) is 3.73. The fourth-order valence-electron chi connectivity index (χ4n) is 1.26. The number of carbonyl (C=O) groups is 1. The Bertz CT molecular complexity index is 376. The van der Waals surface area contributed by atoms with Gasteiger partial charge in [-0.2, -0.15) is 0 Å². The Morgan fingerprint density at radius 2 is 1.94 bits per heavy atom. The zero-order chi connectivity index (χ0) is 12.8. The van der Waals surface area contributed by atoms with Crippen LogP contribution in [0, 0.1) is 0 Å². The van der Waals surface area contributed by atoms with Crippen molar-refractivity contribution < 1.29 is 4.79 Å². The minimum atomic E-state index is 0.00185. The molecule has 1 aromatic carbocycles. The maximum Gasteiger partial charge on any atom is 0.239 e. The van der Waals surface area contributed by atoms with Crippen molar-refractivity contribution >= 4 is 43.5 Å². The summed E-state index contributed by atoms with van der Waals surface area (Å²) in [6, 6.07) is 6.00. The largest absolute Gasteiger partial charge is 0.374 e. The molecule has 5 heteroatoms. The van der Waals surface area contributed by atoms with E-state index in [-0.39, 0.29) is 18.5 Å². The molecule has 0 aliphatic heterocycles. The molecule has 0 bridgehead atoms. The van der Waals surface area contributed by atoms with Gasteiger partial charge < -0.3 is 10.6 Å². The molecule has 0 aliphatic rings. The molecule has 1 atom stereocenters. The van der Waals surface area contributed by atoms with Crippen molar-refractivity contribution in [3.8, 4) is 0 Å². The number of hydrogen-bond donors (Lipinski definition) is 2. The SMILES string of the molecule is CCC(C)NC(=O)CNc1c(Br)cccc1Br. The molecular weight excluding hydrogens is 348 g/mol. The highest BCUT2D eigenvalue weighted by molar-refractivity contribution is 9.11. The minimum absolute atomic E-state index is 0.00185. The number of para-hydroxylation sites is 1. The molecule has 3 nitrogen and oxygen atoms in total. The molecule has 0 fully saturated rings. The summed E-state index contributed by atoms with van der Waals surface area (Å²) in [6.07, 6.45) is 0.935. The molecule has 0 saturated heterocycles. The van der Waals surface area contributed by atoms with E-state index in [0.717, 1.165) is 21.1 Å². The van der Waals surface area contributed by atoms with E-state index in [9.17, 15) is 4.79 Å². The van der Waals surface area contributed by atoms with E-state index in [2.05, 4.69) is 42.5 Å². The molecule has 0 heterocycles. The monoisotopic (exact) mass is 362 g/mol. The van der Waals surface area contributed by atoms with E-state index >= 15 is 0 Å². The lowest BCUT2D eigenvalue weighted by molar-refractivity contribution is -0.120. The Labute approximate surface area is 119 Å². The van der Waals surface area contributed by atoms with E-state index in [1.165, 1.54) is 0 Å². The number of halogens is 2. The van der Waals surface area contributed by atoms with Gasteiger partial charge in [-0.05, 0) is 57.3 Å². The van der Waals surface area contributed by atoms with Crippen molar-refractivity contribution in [2.75, 3.05) is 11.9 Å². The fourth-order valence-corrected chi connectivity index (χ4v) is 2.54. The van der Waals surface area contributed by atoms with E-state index in [1.807, 2.05) is 32.0 Å². The zero-order valence-electron chi connectivity index (χ0n) is 9.89. The molecule has 94 valence electrons. The summed E-state index contributed by atoms with van der Waals surface area (Å²) < 4.78 is 1.87. The van der Waals surface area contributed by atoms with E-state index in [0.29, 0.717) is 0 Å². The van der Waals surface area contributed by atoms with Crippen LogP contribution < -0.4 is 10.6 Å². The van der Waals surface area contributed by atoms with Crippen LogP contribution in [0.1, 0.15) is 20.3 Å². The number of carbonyl (C=O) groups excluding carboxylic acids is 1. The number of benzene rings is 1. The summed E-state index contributed by atoms with van der Waals surface area (Å²) in [4.78, 5) is 11.6. The first-order valence-electron chi connectivity index (χ1n) is 5.51. The first kappa shape index (κ1) is 14.5. The molecule has 2 N–H and O–H groups in total. The summed E-state index contributed by atoms with van der Waals surface area (Å²) >= 11 is 6.88. The molecule has 1 unspecified atom stereocenters. The first-order chi connectivity index (χ1) is 8.04. The average molecular weight is 364 g/mol. The van der Waals surface area contributed by atoms with Gasteiger partial charge >= 0.3 is 0 Å². The second-order valence-corrected chi connectivity index (χ2v) is 5.54. The van der Waals surface area contributed by atoms with Gasteiger partial charge in [0.05, 0.1) is 12.2 Å². The lowest BCUT2D eigenvalue weighted by Crippen LogP contribution is -2.36. The van der Waals surface area contributed by atoms with Gasteiger partial charge in [-0.15, -0.1) is 0 Å². The Kier molecular flexibility index (Phi) is 5.98. The molecule has 1 aromatic rings. The predicted octanol–water partition coefficient (Wildman–Crippen LogP) is 3.54. The van der Waals surface area contributed by atoms with Crippen molar-refractivity contribution in [2.24, 2.45) is 0 Å². The normalized spacial score (nSPS) is 12.0. The molecule has 1 amide bonds. The molecule has 0 aliphatic carbocycles. The van der Waals surface area contributed by atoms with Gasteiger partial charge in [-0.25, -0.2) is 0 Å². The Morgan fingerprint density at radius 1 is 1.35 bits per heavy atom. The standard InChI is InChI=1S/C12H16Br2N2O/c1-3-8(2)16-11(17)7-15-12-9(13)5-4-6-10(12)14/h4-6,8,15H,3,7H2,1-2H3,(H,16,17). The third-order valence-electron chi connectivity index (χ3n) is 2.41. The second kappa shape index (κ2) is 7.01. The van der Waals surface area contributed by atoms with Crippen LogP contribution in [0.3, 0.4) is 0 Å². The van der Waals surface area contributed by atoms with Crippen LogP contribution >= 0.6 is 31.9 Å². The number of rotatable bonds is 5. The van der Waals surface area contributed by atoms with Gasteiger partial charge in [0.25, 0.3) is 0 Å². The van der Waals surface area contributed by atoms with Crippen molar-refractivity contribution in [3.63, 3.8) is 0 Å². The van der Waals surface area contributed by atoms with Crippen LogP contribution in [-0.2, 0) is 4.79 Å². The van der Waals surface area contributed by atoms with Crippen molar-refractivity contribution in [2.45, 2.75) is 26.3 Å². The molecule has 0 aromatic heterocycles. The number of nitrogens with one attached hydrogen (secondary N) is 2. The van der Waals surface area contributed by atoms with Crippen molar-refractivity contribution in [1.82, 2.24) is 5.32 Å². The smallest absolute Gasteiger partial charge is 0.239 e. The second-order valence-electron chi connectivity index (χ2n) is 3.83. The van der Waals surface area contributed by atoms with Gasteiger partial charge in [-0.1, -0.05) is 13.0 Å². The maximum absolute atomic E-state index is 11.6. The third kappa shape index (κ3) is 4.68. The lowest BCUT2D eigenvalue weighted by atomic mass is 10.2.